The number of pyridine rings is 1. The summed E-state index contributed by atoms with van der Waals surface area (Å²) >= 11 is 0. The van der Waals surface area contributed by atoms with Crippen LogP contribution in [0.4, 0.5) is 0 Å². The maximum absolute atomic E-state index is 9.65. The number of aromatic nitrogens is 3. The molecular formula is C58H58N4. The summed E-state index contributed by atoms with van der Waals surface area (Å²) in [4.78, 5) is 4.85. The van der Waals surface area contributed by atoms with Crippen LogP contribution in [0.25, 0.3) is 77.2 Å². The van der Waals surface area contributed by atoms with Gasteiger partial charge in [0.05, 0.1) is 51.3 Å². The second kappa shape index (κ2) is 14.3. The molecule has 0 atom stereocenters. The number of hydrogen-bond donors (Lipinski definition) is 0. The van der Waals surface area contributed by atoms with Crippen molar-refractivity contribution < 1.29 is 0 Å². The monoisotopic (exact) mass is 810 g/mol. The van der Waals surface area contributed by atoms with Gasteiger partial charge < -0.3 is 9.13 Å². The van der Waals surface area contributed by atoms with Crippen LogP contribution < -0.4 is 0 Å². The summed E-state index contributed by atoms with van der Waals surface area (Å²) in [6, 6.07) is 47.4. The Bertz CT molecular complexity index is 3120. The van der Waals surface area contributed by atoms with Crippen LogP contribution in [0.1, 0.15) is 111 Å². The van der Waals surface area contributed by atoms with E-state index in [1.54, 1.807) is 0 Å². The second-order valence-electron chi connectivity index (χ2n) is 21.4. The fourth-order valence-corrected chi connectivity index (χ4v) is 9.09. The molecule has 3 aromatic heterocycles. The minimum atomic E-state index is -0.00625. The van der Waals surface area contributed by atoms with Gasteiger partial charge in [0.25, 0.3) is 0 Å². The predicted molar refractivity (Wildman–Crippen MR) is 263 cm³/mol. The molecule has 4 heteroatoms. The fourth-order valence-electron chi connectivity index (χ4n) is 9.09. The van der Waals surface area contributed by atoms with Crippen LogP contribution in [0, 0.1) is 11.3 Å². The molecule has 0 fully saturated rings. The van der Waals surface area contributed by atoms with E-state index in [9.17, 15) is 5.26 Å². The Hall–Kier alpha value is -6.44. The van der Waals surface area contributed by atoms with Crippen molar-refractivity contribution in [3.8, 4) is 39.7 Å². The van der Waals surface area contributed by atoms with Gasteiger partial charge >= 0.3 is 0 Å². The van der Waals surface area contributed by atoms with Crippen molar-refractivity contribution in [1.82, 2.24) is 14.1 Å². The molecule has 0 spiro atoms. The molecular weight excluding hydrogens is 753 g/mol. The molecule has 0 aliphatic carbocycles. The molecule has 0 unspecified atom stereocenters. The molecule has 0 saturated carbocycles. The van der Waals surface area contributed by atoms with Gasteiger partial charge in [0.15, 0.2) is 0 Å². The van der Waals surface area contributed by atoms with Crippen LogP contribution in [-0.4, -0.2) is 14.1 Å². The molecule has 9 rings (SSSR count). The van der Waals surface area contributed by atoms with Crippen LogP contribution in [0.15, 0.2) is 134 Å². The third kappa shape index (κ3) is 6.98. The van der Waals surface area contributed by atoms with E-state index in [-0.39, 0.29) is 21.7 Å². The number of nitriles is 1. The Labute approximate surface area is 367 Å². The molecule has 0 aliphatic heterocycles. The van der Waals surface area contributed by atoms with Crippen LogP contribution in [0.2, 0.25) is 0 Å². The van der Waals surface area contributed by atoms with E-state index in [0.29, 0.717) is 5.56 Å². The smallest absolute Gasteiger partial charge is 0.0991 e. The molecule has 62 heavy (non-hydrogen) atoms. The van der Waals surface area contributed by atoms with Crippen LogP contribution >= 0.6 is 0 Å². The van der Waals surface area contributed by atoms with E-state index in [0.717, 1.165) is 44.7 Å². The van der Waals surface area contributed by atoms with Gasteiger partial charge in [0, 0.05) is 38.9 Å². The summed E-state index contributed by atoms with van der Waals surface area (Å²) < 4.78 is 4.91. The van der Waals surface area contributed by atoms with E-state index in [2.05, 4.69) is 207 Å². The Balaban J connectivity index is 1.39. The zero-order valence-corrected chi connectivity index (χ0v) is 38.5. The van der Waals surface area contributed by atoms with Crippen LogP contribution in [-0.2, 0) is 21.7 Å². The number of benzene rings is 6. The molecule has 0 aliphatic rings. The van der Waals surface area contributed by atoms with Crippen molar-refractivity contribution in [3.63, 3.8) is 0 Å². The van der Waals surface area contributed by atoms with Crippen molar-refractivity contribution in [1.29, 1.82) is 5.26 Å². The lowest BCUT2D eigenvalue weighted by Gasteiger charge is -2.21. The van der Waals surface area contributed by atoms with Gasteiger partial charge in [-0.2, -0.15) is 5.26 Å². The summed E-state index contributed by atoms with van der Waals surface area (Å²) in [7, 11) is 0. The molecule has 310 valence electrons. The Morgan fingerprint density at radius 2 is 0.790 bits per heavy atom. The van der Waals surface area contributed by atoms with Gasteiger partial charge in [-0.25, -0.2) is 0 Å². The van der Waals surface area contributed by atoms with E-state index in [4.69, 9.17) is 4.98 Å². The summed E-state index contributed by atoms with van der Waals surface area (Å²) in [5.74, 6) is 0. The quantitative estimate of drug-likeness (QED) is 0.178. The first kappa shape index (κ1) is 40.9. The summed E-state index contributed by atoms with van der Waals surface area (Å²) in [6.07, 6.45) is 3.97. The minimum absolute atomic E-state index is 0.00585. The first-order valence-corrected chi connectivity index (χ1v) is 22.0. The maximum Gasteiger partial charge on any atom is 0.0991 e. The van der Waals surface area contributed by atoms with Gasteiger partial charge in [0.1, 0.15) is 0 Å². The second-order valence-corrected chi connectivity index (χ2v) is 21.4. The molecule has 0 saturated heterocycles. The predicted octanol–water partition coefficient (Wildman–Crippen LogP) is 15.7. The maximum atomic E-state index is 9.65. The highest BCUT2D eigenvalue weighted by Gasteiger charge is 2.26. The first-order valence-electron chi connectivity index (χ1n) is 22.0. The number of rotatable bonds is 4. The SMILES string of the molecule is CC(C)(C)c1ccc2c(c1)c1cc(C(C)(C)C)ccc1n2-c1ccc(-c2ccc(C#N)cc2)cc1-c1ccncc1-n1c2ccc(C(C)(C)C)cc2c2cc(C(C)(C)C)ccc21. The standard InChI is InChI=1S/C58H58N4/c1-55(2,3)39-18-23-50-45(30-39)46-31-40(56(4,5)6)19-24-51(46)61(50)49-22-17-38(37-15-13-36(34-59)14-16-37)29-44(49)43-27-28-60-35-54(43)62-52-25-20-41(57(7,8)9)32-47(52)48-33-42(58(10,11)12)21-26-53(48)62/h13-33,35H,1-12H3. The summed E-state index contributed by atoms with van der Waals surface area (Å²) in [6.45, 7) is 27.5. The average molecular weight is 811 g/mol. The molecule has 0 bridgehead atoms. The molecule has 4 nitrogen and oxygen atoms in total. The van der Waals surface area contributed by atoms with E-state index >= 15 is 0 Å². The Morgan fingerprint density at radius 3 is 1.18 bits per heavy atom. The lowest BCUT2D eigenvalue weighted by Crippen LogP contribution is -2.10. The van der Waals surface area contributed by atoms with Crippen molar-refractivity contribution in [2.24, 2.45) is 0 Å². The molecule has 0 N–H and O–H groups in total. The molecule has 0 radical (unpaired) electrons. The van der Waals surface area contributed by atoms with Crippen molar-refractivity contribution in [2.45, 2.75) is 105 Å². The van der Waals surface area contributed by atoms with Crippen molar-refractivity contribution in [3.05, 3.63) is 162 Å². The minimum Gasteiger partial charge on any atom is -0.309 e. The lowest BCUT2D eigenvalue weighted by atomic mass is 9.85. The average Bonchev–Trinajstić information content (AvgIpc) is 3.73. The largest absolute Gasteiger partial charge is 0.309 e. The third-order valence-electron chi connectivity index (χ3n) is 12.9. The molecule has 0 amide bonds. The van der Waals surface area contributed by atoms with Gasteiger partial charge in [0.2, 0.25) is 0 Å². The molecule has 9 aromatic rings. The highest BCUT2D eigenvalue weighted by Crippen LogP contribution is 2.44. The van der Waals surface area contributed by atoms with Crippen molar-refractivity contribution in [2.75, 3.05) is 0 Å². The summed E-state index contributed by atoms with van der Waals surface area (Å²) in [5.41, 5.74) is 16.9. The van der Waals surface area contributed by atoms with E-state index < -0.39 is 0 Å². The van der Waals surface area contributed by atoms with E-state index in [1.807, 2.05) is 24.5 Å². The topological polar surface area (TPSA) is 46.5 Å². The summed E-state index contributed by atoms with van der Waals surface area (Å²) in [5, 5.41) is 14.6. The van der Waals surface area contributed by atoms with E-state index in [1.165, 1.54) is 54.8 Å². The Kier molecular flexibility index (Phi) is 9.45. The van der Waals surface area contributed by atoms with Gasteiger partial charge in [-0.3, -0.25) is 4.98 Å². The van der Waals surface area contributed by atoms with Crippen molar-refractivity contribution >= 4 is 43.6 Å². The van der Waals surface area contributed by atoms with Gasteiger partial charge in [-0.1, -0.05) is 126 Å². The zero-order chi connectivity index (χ0) is 44.1. The van der Waals surface area contributed by atoms with Crippen LogP contribution in [0.5, 0.6) is 0 Å². The highest BCUT2D eigenvalue weighted by atomic mass is 15.0. The zero-order valence-electron chi connectivity index (χ0n) is 38.5. The number of nitrogens with zero attached hydrogens (tertiary/aromatic N) is 4. The van der Waals surface area contributed by atoms with Gasteiger partial charge in [-0.15, -0.1) is 0 Å². The molecule has 3 heterocycles. The first-order chi connectivity index (χ1) is 29.2. The Morgan fingerprint density at radius 1 is 0.403 bits per heavy atom. The number of hydrogen-bond acceptors (Lipinski definition) is 2. The fraction of sp³-hybridized carbons (Fsp3) is 0.276. The third-order valence-corrected chi connectivity index (χ3v) is 12.9. The van der Waals surface area contributed by atoms with Crippen LogP contribution in [0.3, 0.4) is 0 Å². The lowest BCUT2D eigenvalue weighted by molar-refractivity contribution is 0.590. The van der Waals surface area contributed by atoms with Gasteiger partial charge in [-0.05, 0) is 134 Å². The number of fused-ring (bicyclic) bond motifs is 6. The highest BCUT2D eigenvalue weighted by molar-refractivity contribution is 6.12. The molecule has 6 aromatic carbocycles. The normalized spacial score (nSPS) is 12.8.